The highest BCUT2D eigenvalue weighted by Gasteiger charge is 2.33. The molecule has 0 aromatic rings. The summed E-state index contributed by atoms with van der Waals surface area (Å²) in [5, 5.41) is 3.57. The summed E-state index contributed by atoms with van der Waals surface area (Å²) in [6, 6.07) is 0.623. The zero-order chi connectivity index (χ0) is 13.9. The molecule has 104 valence electrons. The summed E-state index contributed by atoms with van der Waals surface area (Å²) in [6.45, 7) is 18.8. The van der Waals surface area contributed by atoms with Gasteiger partial charge in [-0.25, -0.2) is 0 Å². The summed E-state index contributed by atoms with van der Waals surface area (Å²) in [7, 11) is 2.12. The molecule has 0 amide bonds. The Kier molecular flexibility index (Phi) is 6.21. The Morgan fingerprint density at radius 1 is 0.941 bits per heavy atom. The van der Waals surface area contributed by atoms with Gasteiger partial charge in [0.2, 0.25) is 0 Å². The van der Waals surface area contributed by atoms with E-state index in [4.69, 9.17) is 0 Å². The molecular weight excluding hydrogens is 206 g/mol. The standard InChI is InChI=1S/C16H35N/c1-12(2)10-13(16(6,7)8)14(17-9)11-15(3,4)5/h12-14,17H,10-11H2,1-9H3. The average molecular weight is 241 g/mol. The number of hydrogen-bond acceptors (Lipinski definition) is 1. The molecule has 0 aromatic carbocycles. The van der Waals surface area contributed by atoms with Crippen molar-refractivity contribution in [3.05, 3.63) is 0 Å². The van der Waals surface area contributed by atoms with Gasteiger partial charge in [0.05, 0.1) is 0 Å². The monoisotopic (exact) mass is 241 g/mol. The number of rotatable bonds is 5. The maximum absolute atomic E-state index is 3.57. The molecule has 0 bridgehead atoms. The molecule has 0 spiro atoms. The second kappa shape index (κ2) is 6.22. The predicted molar refractivity (Wildman–Crippen MR) is 79.3 cm³/mol. The van der Waals surface area contributed by atoms with Gasteiger partial charge in [0.25, 0.3) is 0 Å². The fourth-order valence-electron chi connectivity index (χ4n) is 2.73. The first-order chi connectivity index (χ1) is 7.47. The van der Waals surface area contributed by atoms with Gasteiger partial charge in [-0.3, -0.25) is 0 Å². The molecule has 1 nitrogen and oxygen atoms in total. The van der Waals surface area contributed by atoms with Gasteiger partial charge in [-0.15, -0.1) is 0 Å². The third-order valence-corrected chi connectivity index (χ3v) is 3.53. The van der Waals surface area contributed by atoms with Crippen LogP contribution in [-0.4, -0.2) is 13.1 Å². The third kappa shape index (κ3) is 7.08. The lowest BCUT2D eigenvalue weighted by Crippen LogP contribution is -2.43. The maximum atomic E-state index is 3.57. The van der Waals surface area contributed by atoms with E-state index < -0.39 is 0 Å². The molecule has 0 radical (unpaired) electrons. The molecule has 0 heterocycles. The summed E-state index contributed by atoms with van der Waals surface area (Å²) in [4.78, 5) is 0. The highest BCUT2D eigenvalue weighted by Crippen LogP contribution is 2.37. The van der Waals surface area contributed by atoms with E-state index in [1.165, 1.54) is 12.8 Å². The number of nitrogens with one attached hydrogen (secondary N) is 1. The average Bonchev–Trinajstić information content (AvgIpc) is 2.07. The van der Waals surface area contributed by atoms with E-state index in [0.717, 1.165) is 11.8 Å². The Morgan fingerprint density at radius 2 is 1.41 bits per heavy atom. The SMILES string of the molecule is CNC(CC(C)(C)C)C(CC(C)C)C(C)(C)C. The molecule has 2 atom stereocenters. The van der Waals surface area contributed by atoms with E-state index in [9.17, 15) is 0 Å². The summed E-state index contributed by atoms with van der Waals surface area (Å²) in [6.07, 6.45) is 2.56. The Labute approximate surface area is 110 Å². The molecule has 1 N–H and O–H groups in total. The zero-order valence-electron chi connectivity index (χ0n) is 13.6. The van der Waals surface area contributed by atoms with Crippen LogP contribution >= 0.6 is 0 Å². The summed E-state index contributed by atoms with van der Waals surface area (Å²) in [5.41, 5.74) is 0.775. The Morgan fingerprint density at radius 3 is 1.65 bits per heavy atom. The Balaban J connectivity index is 4.86. The van der Waals surface area contributed by atoms with E-state index >= 15 is 0 Å². The van der Waals surface area contributed by atoms with Crippen molar-refractivity contribution in [3.8, 4) is 0 Å². The van der Waals surface area contributed by atoms with Crippen LogP contribution in [0.5, 0.6) is 0 Å². The molecular formula is C16H35N. The maximum Gasteiger partial charge on any atom is 0.0102 e. The zero-order valence-corrected chi connectivity index (χ0v) is 13.6. The van der Waals surface area contributed by atoms with Crippen molar-refractivity contribution < 1.29 is 0 Å². The van der Waals surface area contributed by atoms with Crippen molar-refractivity contribution in [1.82, 2.24) is 5.32 Å². The lowest BCUT2D eigenvalue weighted by molar-refractivity contribution is 0.126. The van der Waals surface area contributed by atoms with Crippen LogP contribution in [0.15, 0.2) is 0 Å². The van der Waals surface area contributed by atoms with E-state index in [1.54, 1.807) is 0 Å². The molecule has 17 heavy (non-hydrogen) atoms. The van der Waals surface area contributed by atoms with E-state index in [0.29, 0.717) is 16.9 Å². The van der Waals surface area contributed by atoms with Crippen LogP contribution in [0.1, 0.15) is 68.2 Å². The van der Waals surface area contributed by atoms with Gasteiger partial charge in [-0.05, 0) is 42.6 Å². The van der Waals surface area contributed by atoms with Gasteiger partial charge in [0, 0.05) is 6.04 Å². The first-order valence-electron chi connectivity index (χ1n) is 7.14. The fourth-order valence-corrected chi connectivity index (χ4v) is 2.73. The molecule has 1 heteroatoms. The minimum absolute atomic E-state index is 0.378. The molecule has 0 aliphatic heterocycles. The summed E-state index contributed by atoms with van der Waals surface area (Å²) in [5.74, 6) is 1.52. The van der Waals surface area contributed by atoms with Crippen molar-refractivity contribution >= 4 is 0 Å². The van der Waals surface area contributed by atoms with Crippen LogP contribution in [0.3, 0.4) is 0 Å². The van der Waals surface area contributed by atoms with Crippen LogP contribution in [0.2, 0.25) is 0 Å². The molecule has 0 aromatic heterocycles. The minimum atomic E-state index is 0.378. The molecule has 0 saturated carbocycles. The van der Waals surface area contributed by atoms with Crippen LogP contribution in [0.4, 0.5) is 0 Å². The van der Waals surface area contributed by atoms with Crippen molar-refractivity contribution in [2.24, 2.45) is 22.7 Å². The second-order valence-electron chi connectivity index (χ2n) is 8.26. The second-order valence-corrected chi connectivity index (χ2v) is 8.26. The summed E-state index contributed by atoms with van der Waals surface area (Å²) < 4.78 is 0. The lowest BCUT2D eigenvalue weighted by atomic mass is 9.69. The first kappa shape index (κ1) is 17.0. The fraction of sp³-hybridized carbons (Fsp3) is 1.00. The van der Waals surface area contributed by atoms with E-state index in [1.807, 2.05) is 0 Å². The van der Waals surface area contributed by atoms with Crippen molar-refractivity contribution in [1.29, 1.82) is 0 Å². The molecule has 0 fully saturated rings. The smallest absolute Gasteiger partial charge is 0.0102 e. The van der Waals surface area contributed by atoms with Gasteiger partial charge in [-0.1, -0.05) is 55.4 Å². The van der Waals surface area contributed by atoms with Crippen molar-refractivity contribution in [2.45, 2.75) is 74.3 Å². The highest BCUT2D eigenvalue weighted by atomic mass is 14.9. The normalized spacial score (nSPS) is 17.3. The molecule has 0 aliphatic rings. The highest BCUT2D eigenvalue weighted by molar-refractivity contribution is 4.87. The number of hydrogen-bond donors (Lipinski definition) is 1. The van der Waals surface area contributed by atoms with Gasteiger partial charge in [-0.2, -0.15) is 0 Å². The molecule has 2 unspecified atom stereocenters. The van der Waals surface area contributed by atoms with Crippen molar-refractivity contribution in [3.63, 3.8) is 0 Å². The minimum Gasteiger partial charge on any atom is -0.317 e. The van der Waals surface area contributed by atoms with Gasteiger partial charge >= 0.3 is 0 Å². The van der Waals surface area contributed by atoms with Crippen LogP contribution in [-0.2, 0) is 0 Å². The first-order valence-corrected chi connectivity index (χ1v) is 7.14. The third-order valence-electron chi connectivity index (χ3n) is 3.53. The van der Waals surface area contributed by atoms with Gasteiger partial charge < -0.3 is 5.32 Å². The largest absolute Gasteiger partial charge is 0.317 e. The van der Waals surface area contributed by atoms with Crippen LogP contribution < -0.4 is 5.32 Å². The molecule has 0 aliphatic carbocycles. The van der Waals surface area contributed by atoms with Crippen molar-refractivity contribution in [2.75, 3.05) is 7.05 Å². The van der Waals surface area contributed by atoms with Crippen LogP contribution in [0.25, 0.3) is 0 Å². The lowest BCUT2D eigenvalue weighted by Gasteiger charge is -2.41. The quantitative estimate of drug-likeness (QED) is 0.734. The predicted octanol–water partition coefficient (Wildman–Crippen LogP) is 4.72. The molecule has 0 saturated heterocycles. The molecule has 0 rings (SSSR count). The Bertz CT molecular complexity index is 205. The van der Waals surface area contributed by atoms with Gasteiger partial charge in [0.15, 0.2) is 0 Å². The van der Waals surface area contributed by atoms with E-state index in [-0.39, 0.29) is 0 Å². The van der Waals surface area contributed by atoms with E-state index in [2.05, 4.69) is 67.8 Å². The summed E-state index contributed by atoms with van der Waals surface area (Å²) >= 11 is 0. The Hall–Kier alpha value is -0.0400. The van der Waals surface area contributed by atoms with Gasteiger partial charge in [0.1, 0.15) is 0 Å². The topological polar surface area (TPSA) is 12.0 Å². The van der Waals surface area contributed by atoms with Crippen LogP contribution in [0, 0.1) is 22.7 Å².